The number of nitrogens with one attached hydrogen (secondary N) is 1. The number of rotatable bonds is 6. The van der Waals surface area contributed by atoms with E-state index < -0.39 is 8.80 Å². The molecule has 0 saturated carbocycles. The van der Waals surface area contributed by atoms with Gasteiger partial charge in [-0.2, -0.15) is 0 Å². The van der Waals surface area contributed by atoms with Gasteiger partial charge in [0.25, 0.3) is 0 Å². The first-order valence-electron chi connectivity index (χ1n) is 8.82. The van der Waals surface area contributed by atoms with Crippen molar-refractivity contribution in [1.29, 1.82) is 0 Å². The minimum absolute atomic E-state index is 0.0154. The number of hydrogen-bond donors (Lipinski definition) is 1. The van der Waals surface area contributed by atoms with Crippen molar-refractivity contribution >= 4 is 20.5 Å². The summed E-state index contributed by atoms with van der Waals surface area (Å²) in [4.78, 5) is 14.4. The number of urea groups is 1. The van der Waals surface area contributed by atoms with Gasteiger partial charge in [0.05, 0.1) is 0 Å². The third-order valence-corrected chi connectivity index (χ3v) is 5.74. The zero-order valence-corrected chi connectivity index (χ0v) is 17.1. The molecule has 2 amide bonds. The maximum Gasteiger partial charge on any atom is 0.321 e. The molecular weight excluding hydrogens is 300 g/mol. The third-order valence-electron chi connectivity index (χ3n) is 4.18. The molecule has 0 fully saturated rings. The van der Waals surface area contributed by atoms with Gasteiger partial charge in [-0.3, -0.25) is 0 Å². The molecular formula is C19H34N2OSi. The molecule has 1 rings (SSSR count). The smallest absolute Gasteiger partial charge is 0.321 e. The minimum atomic E-state index is -0.530. The second kappa shape index (κ2) is 8.53. The molecule has 0 aromatic heterocycles. The predicted molar refractivity (Wildman–Crippen MR) is 104 cm³/mol. The molecule has 1 aromatic rings. The lowest BCUT2D eigenvalue weighted by molar-refractivity contribution is 0.214. The Morgan fingerprint density at radius 1 is 1.26 bits per heavy atom. The fraction of sp³-hybridized carbons (Fsp3) is 0.632. The molecule has 0 aliphatic rings. The molecule has 0 aliphatic heterocycles. The highest BCUT2D eigenvalue weighted by Gasteiger charge is 2.18. The van der Waals surface area contributed by atoms with E-state index in [9.17, 15) is 4.79 Å². The van der Waals surface area contributed by atoms with E-state index in [1.54, 1.807) is 0 Å². The van der Waals surface area contributed by atoms with Gasteiger partial charge >= 0.3 is 6.03 Å². The Hall–Kier alpha value is -1.29. The molecule has 0 bridgehead atoms. The van der Waals surface area contributed by atoms with Gasteiger partial charge in [0.15, 0.2) is 0 Å². The van der Waals surface area contributed by atoms with Crippen molar-refractivity contribution in [3.8, 4) is 0 Å². The summed E-state index contributed by atoms with van der Waals surface area (Å²) in [5, 5.41) is 3.07. The summed E-state index contributed by atoms with van der Waals surface area (Å²) in [6, 6.07) is 7.51. The largest absolute Gasteiger partial charge is 0.325 e. The Labute approximate surface area is 144 Å². The number of carbonyl (C=O) groups excluding carboxylic acids is 1. The van der Waals surface area contributed by atoms with Gasteiger partial charge in [-0.15, -0.1) is 0 Å². The van der Waals surface area contributed by atoms with E-state index in [0.717, 1.165) is 25.2 Å². The molecule has 0 saturated heterocycles. The van der Waals surface area contributed by atoms with Crippen LogP contribution in [0.1, 0.15) is 45.2 Å². The highest BCUT2D eigenvalue weighted by molar-refractivity contribution is 6.55. The lowest BCUT2D eigenvalue weighted by Crippen LogP contribution is -2.35. The van der Waals surface area contributed by atoms with Gasteiger partial charge in [0, 0.05) is 27.6 Å². The molecule has 0 atom stereocenters. The normalized spacial score (nSPS) is 11.7. The van der Waals surface area contributed by atoms with Gasteiger partial charge in [0.1, 0.15) is 0 Å². The van der Waals surface area contributed by atoms with Gasteiger partial charge in [-0.1, -0.05) is 46.0 Å². The predicted octanol–water partition coefficient (Wildman–Crippen LogP) is 5.02. The summed E-state index contributed by atoms with van der Waals surface area (Å²) in [5.41, 5.74) is 3.52. The van der Waals surface area contributed by atoms with Crippen LogP contribution in [-0.4, -0.2) is 32.8 Å². The van der Waals surface area contributed by atoms with Crippen LogP contribution in [0.4, 0.5) is 10.5 Å². The fourth-order valence-electron chi connectivity index (χ4n) is 2.80. The van der Waals surface area contributed by atoms with E-state index >= 15 is 0 Å². The molecule has 1 N–H and O–H groups in total. The van der Waals surface area contributed by atoms with E-state index in [1.807, 2.05) is 17.9 Å². The molecule has 130 valence electrons. The zero-order valence-electron chi connectivity index (χ0n) is 16.0. The topological polar surface area (TPSA) is 32.3 Å². The van der Waals surface area contributed by atoms with Crippen LogP contribution in [0.25, 0.3) is 0 Å². The van der Waals surface area contributed by atoms with Gasteiger partial charge < -0.3 is 10.2 Å². The molecule has 0 aliphatic carbocycles. The average molecular weight is 335 g/mol. The summed E-state index contributed by atoms with van der Waals surface area (Å²) in [6.45, 7) is 17.1. The Morgan fingerprint density at radius 3 is 2.43 bits per heavy atom. The van der Waals surface area contributed by atoms with E-state index in [4.69, 9.17) is 0 Å². The van der Waals surface area contributed by atoms with Crippen molar-refractivity contribution in [3.05, 3.63) is 29.3 Å². The van der Waals surface area contributed by atoms with Crippen LogP contribution < -0.4 is 5.32 Å². The van der Waals surface area contributed by atoms with Gasteiger partial charge in [-0.25, -0.2) is 4.79 Å². The van der Waals surface area contributed by atoms with E-state index in [1.165, 1.54) is 17.2 Å². The maximum absolute atomic E-state index is 12.5. The Morgan fingerprint density at radius 2 is 1.91 bits per heavy atom. The number of aryl methyl sites for hydroxylation is 1. The Bertz CT molecular complexity index is 521. The van der Waals surface area contributed by atoms with Crippen LogP contribution in [0.15, 0.2) is 18.2 Å². The first-order valence-corrected chi connectivity index (χ1v) is 11.9. The lowest BCUT2D eigenvalue weighted by atomic mass is 9.84. The van der Waals surface area contributed by atoms with Gasteiger partial charge in [0.2, 0.25) is 0 Å². The van der Waals surface area contributed by atoms with Crippen LogP contribution in [0.3, 0.4) is 0 Å². The molecule has 23 heavy (non-hydrogen) atoms. The summed E-state index contributed by atoms with van der Waals surface area (Å²) in [7, 11) is -0.530. The number of benzene rings is 1. The minimum Gasteiger partial charge on any atom is -0.325 e. The molecule has 0 heterocycles. The molecule has 1 aromatic carbocycles. The van der Waals surface area contributed by atoms with Crippen LogP contribution in [-0.2, 0) is 5.41 Å². The number of carbonyl (C=O) groups is 1. The average Bonchev–Trinajstić information content (AvgIpc) is 2.44. The van der Waals surface area contributed by atoms with Crippen LogP contribution in [0.5, 0.6) is 0 Å². The second-order valence-corrected chi connectivity index (χ2v) is 11.2. The van der Waals surface area contributed by atoms with Crippen LogP contribution >= 0.6 is 0 Å². The third kappa shape index (κ3) is 6.38. The Kier molecular flexibility index (Phi) is 7.32. The number of nitrogens with zero attached hydrogens (tertiary/aromatic N) is 1. The second-order valence-electron chi connectivity index (χ2n) is 7.83. The van der Waals surface area contributed by atoms with Crippen molar-refractivity contribution in [2.45, 2.75) is 65.6 Å². The summed E-state index contributed by atoms with van der Waals surface area (Å²) in [6.07, 6.45) is 1.12. The van der Waals surface area contributed by atoms with Crippen molar-refractivity contribution in [2.75, 3.05) is 18.4 Å². The summed E-state index contributed by atoms with van der Waals surface area (Å²) in [5.74, 6) is 0. The highest BCUT2D eigenvalue weighted by atomic mass is 28.3. The van der Waals surface area contributed by atoms with E-state index in [-0.39, 0.29) is 11.4 Å². The molecule has 0 spiro atoms. The first-order chi connectivity index (χ1) is 10.6. The maximum atomic E-state index is 12.5. The monoisotopic (exact) mass is 334 g/mol. The molecule has 0 unspecified atom stereocenters. The van der Waals surface area contributed by atoms with Crippen LogP contribution in [0, 0.1) is 6.92 Å². The van der Waals surface area contributed by atoms with Crippen molar-refractivity contribution in [2.24, 2.45) is 0 Å². The van der Waals surface area contributed by atoms with Crippen molar-refractivity contribution in [1.82, 2.24) is 4.90 Å². The van der Waals surface area contributed by atoms with E-state index in [2.05, 4.69) is 58.2 Å². The number of anilines is 1. The van der Waals surface area contributed by atoms with Crippen LogP contribution in [0.2, 0.25) is 19.1 Å². The SMILES string of the molecule is CCN(CCC[SiH](C)C)C(=O)Nc1ccc(C)c(C(C)(C)C)c1. The summed E-state index contributed by atoms with van der Waals surface area (Å²) < 4.78 is 0. The van der Waals surface area contributed by atoms with Crippen molar-refractivity contribution in [3.63, 3.8) is 0 Å². The molecule has 3 nitrogen and oxygen atoms in total. The zero-order chi connectivity index (χ0) is 17.6. The van der Waals surface area contributed by atoms with Crippen molar-refractivity contribution < 1.29 is 4.79 Å². The number of hydrogen-bond acceptors (Lipinski definition) is 1. The van der Waals surface area contributed by atoms with Gasteiger partial charge in [-0.05, 0) is 48.9 Å². The quantitative estimate of drug-likeness (QED) is 0.728. The Balaban J connectivity index is 2.75. The number of amides is 2. The first kappa shape index (κ1) is 19.8. The molecule has 0 radical (unpaired) electrons. The fourth-order valence-corrected chi connectivity index (χ4v) is 3.80. The highest BCUT2D eigenvalue weighted by Crippen LogP contribution is 2.28. The van der Waals surface area contributed by atoms with E-state index in [0.29, 0.717) is 0 Å². The standard InChI is InChI=1S/C19H34N2OSi/c1-8-21(12-9-13-23(6)7)18(22)20-16-11-10-15(2)17(14-16)19(3,4)5/h10-11,14,23H,8-9,12-13H2,1-7H3,(H,20,22). The lowest BCUT2D eigenvalue weighted by Gasteiger charge is -2.24. The molecule has 4 heteroatoms. The summed E-state index contributed by atoms with van der Waals surface area (Å²) >= 11 is 0.